The van der Waals surface area contributed by atoms with Gasteiger partial charge in [0.05, 0.1) is 22.8 Å². The van der Waals surface area contributed by atoms with Gasteiger partial charge in [-0.15, -0.1) is 0 Å². The number of amides is 3. The third-order valence-corrected chi connectivity index (χ3v) is 10.8. The monoisotopic (exact) mass is 591 g/mol. The lowest BCUT2D eigenvalue weighted by molar-refractivity contribution is -0.150. The Hall–Kier alpha value is -2.88. The molecule has 0 radical (unpaired) electrons. The Morgan fingerprint density at radius 3 is 2.40 bits per heavy atom. The maximum Gasteiger partial charge on any atom is 0.409 e. The molecular formula is C27H34ClN5O6S. The molecule has 3 amide bonds. The number of ether oxygens (including phenoxy) is 1. The number of rotatable bonds is 7. The molecule has 11 nitrogen and oxygen atoms in total. The van der Waals surface area contributed by atoms with Crippen molar-refractivity contribution in [2.45, 2.75) is 79.8 Å². The van der Waals surface area contributed by atoms with Gasteiger partial charge >= 0.3 is 6.09 Å². The average molecular weight is 592 g/mol. The van der Waals surface area contributed by atoms with Gasteiger partial charge in [-0.3, -0.25) is 14.5 Å². The van der Waals surface area contributed by atoms with E-state index in [0.29, 0.717) is 58.3 Å². The van der Waals surface area contributed by atoms with Gasteiger partial charge in [0.15, 0.2) is 16.0 Å². The molecule has 1 aliphatic carbocycles. The Morgan fingerprint density at radius 1 is 1.10 bits per heavy atom. The highest BCUT2D eigenvalue weighted by molar-refractivity contribution is 7.92. The number of likely N-dealkylation sites (tertiary alicyclic amines) is 3. The van der Waals surface area contributed by atoms with E-state index in [1.807, 2.05) is 6.19 Å². The van der Waals surface area contributed by atoms with Crippen LogP contribution in [0.25, 0.3) is 0 Å². The fourth-order valence-electron chi connectivity index (χ4n) is 6.04. The van der Waals surface area contributed by atoms with Crippen molar-refractivity contribution < 1.29 is 27.5 Å². The normalized spacial score (nSPS) is 25.7. The molecule has 3 heterocycles. The molecule has 0 N–H and O–H groups in total. The molecule has 1 saturated carbocycles. The van der Waals surface area contributed by atoms with Gasteiger partial charge in [-0.1, -0.05) is 17.7 Å². The number of sulfone groups is 1. The summed E-state index contributed by atoms with van der Waals surface area (Å²) in [5.41, 5.74) is 0. The first-order valence-electron chi connectivity index (χ1n) is 13.9. The highest BCUT2D eigenvalue weighted by atomic mass is 35.5. The van der Waals surface area contributed by atoms with Gasteiger partial charge in [0, 0.05) is 43.3 Å². The fraction of sp³-hybridized carbons (Fsp3) is 0.630. The Morgan fingerprint density at radius 2 is 1.82 bits per heavy atom. The van der Waals surface area contributed by atoms with Crippen molar-refractivity contribution in [2.24, 2.45) is 0 Å². The number of carbonyl (C=O) groups excluding carboxylic acids is 3. The van der Waals surface area contributed by atoms with Gasteiger partial charge < -0.3 is 14.5 Å². The van der Waals surface area contributed by atoms with Crippen LogP contribution in [0.5, 0.6) is 0 Å². The summed E-state index contributed by atoms with van der Waals surface area (Å²) in [5, 5.41) is 8.96. The lowest BCUT2D eigenvalue weighted by Gasteiger charge is -2.48. The van der Waals surface area contributed by atoms with Crippen molar-refractivity contribution in [3.05, 3.63) is 29.3 Å². The van der Waals surface area contributed by atoms with Crippen LogP contribution in [0.1, 0.15) is 45.4 Å². The molecule has 1 aromatic carbocycles. The summed E-state index contributed by atoms with van der Waals surface area (Å²) in [6, 6.07) is 4.38. The van der Waals surface area contributed by atoms with E-state index in [2.05, 4.69) is 4.90 Å². The van der Waals surface area contributed by atoms with Gasteiger partial charge in [-0.2, -0.15) is 5.26 Å². The van der Waals surface area contributed by atoms with E-state index >= 15 is 0 Å². The van der Waals surface area contributed by atoms with Crippen LogP contribution >= 0.6 is 11.6 Å². The zero-order valence-corrected chi connectivity index (χ0v) is 24.0. The van der Waals surface area contributed by atoms with Gasteiger partial charge in [0.1, 0.15) is 6.04 Å². The van der Waals surface area contributed by atoms with Crippen LogP contribution in [-0.4, -0.2) is 108 Å². The van der Waals surface area contributed by atoms with E-state index in [9.17, 15) is 28.1 Å². The van der Waals surface area contributed by atoms with Crippen LogP contribution in [0.2, 0.25) is 5.02 Å². The molecule has 13 heteroatoms. The molecule has 0 bridgehead atoms. The van der Waals surface area contributed by atoms with Crippen molar-refractivity contribution in [3.8, 4) is 6.19 Å². The number of benzene rings is 1. The third-order valence-electron chi connectivity index (χ3n) is 8.46. The molecule has 3 atom stereocenters. The lowest BCUT2D eigenvalue weighted by atomic mass is 9.93. The van der Waals surface area contributed by atoms with Crippen LogP contribution < -0.4 is 0 Å². The van der Waals surface area contributed by atoms with Crippen molar-refractivity contribution in [3.63, 3.8) is 0 Å². The summed E-state index contributed by atoms with van der Waals surface area (Å²) in [5.74, 6) is -0.800. The number of nitriles is 1. The number of piperidine rings is 1. The molecule has 3 aliphatic heterocycles. The maximum absolute atomic E-state index is 13.9. The summed E-state index contributed by atoms with van der Waals surface area (Å²) in [6.07, 6.45) is 4.97. The van der Waals surface area contributed by atoms with Crippen molar-refractivity contribution in [1.29, 1.82) is 5.26 Å². The summed E-state index contributed by atoms with van der Waals surface area (Å²) in [4.78, 5) is 45.9. The number of carbonyl (C=O) groups is 3. The van der Waals surface area contributed by atoms with Crippen molar-refractivity contribution in [2.75, 3.05) is 32.8 Å². The quantitative estimate of drug-likeness (QED) is 0.348. The molecule has 0 spiro atoms. The second-order valence-corrected chi connectivity index (χ2v) is 13.5. The van der Waals surface area contributed by atoms with Gasteiger partial charge in [-0.25, -0.2) is 18.1 Å². The SMILES string of the molecule is CCOC(=O)N1CCC(N2CCC2C(=O)N2C[C@H](S(=O)(=O)c3cccc(Cl)c3)C[C@H]2C(=O)N(C#N)C2CC2)CC1. The average Bonchev–Trinajstić information content (AvgIpc) is 3.64. The first kappa shape index (κ1) is 28.6. The summed E-state index contributed by atoms with van der Waals surface area (Å²) >= 11 is 6.06. The predicted octanol–water partition coefficient (Wildman–Crippen LogP) is 2.25. The minimum atomic E-state index is -3.89. The Bertz CT molecular complexity index is 1310. The molecule has 4 fully saturated rings. The van der Waals surface area contributed by atoms with Crippen LogP contribution in [0, 0.1) is 11.5 Å². The zero-order valence-electron chi connectivity index (χ0n) is 22.4. The van der Waals surface area contributed by atoms with Crippen molar-refractivity contribution >= 4 is 39.3 Å². The molecular weight excluding hydrogens is 558 g/mol. The minimum absolute atomic E-state index is 0.0449. The number of hydrogen-bond acceptors (Lipinski definition) is 8. The summed E-state index contributed by atoms with van der Waals surface area (Å²) in [7, 11) is -3.89. The minimum Gasteiger partial charge on any atom is -0.450 e. The largest absolute Gasteiger partial charge is 0.450 e. The van der Waals surface area contributed by atoms with E-state index in [0.717, 1.165) is 4.90 Å². The molecule has 216 valence electrons. The number of hydrogen-bond donors (Lipinski definition) is 0. The fourth-order valence-corrected chi connectivity index (χ4v) is 8.03. The summed E-state index contributed by atoms with van der Waals surface area (Å²) < 4.78 is 32.2. The molecule has 4 aliphatic rings. The first-order chi connectivity index (χ1) is 19.1. The van der Waals surface area contributed by atoms with E-state index in [-0.39, 0.29) is 47.0 Å². The third kappa shape index (κ3) is 5.51. The van der Waals surface area contributed by atoms with E-state index in [1.165, 1.54) is 17.0 Å². The van der Waals surface area contributed by atoms with Crippen LogP contribution in [-0.2, 0) is 24.2 Å². The lowest BCUT2D eigenvalue weighted by Crippen LogP contribution is -2.63. The summed E-state index contributed by atoms with van der Waals surface area (Å²) in [6.45, 7) is 3.73. The topological polar surface area (TPSA) is 131 Å². The molecule has 1 unspecified atom stereocenters. The predicted molar refractivity (Wildman–Crippen MR) is 145 cm³/mol. The number of halogens is 1. The maximum atomic E-state index is 13.9. The van der Waals surface area contributed by atoms with E-state index in [1.54, 1.807) is 24.0 Å². The van der Waals surface area contributed by atoms with Crippen LogP contribution in [0.3, 0.4) is 0 Å². The first-order valence-corrected chi connectivity index (χ1v) is 15.8. The van der Waals surface area contributed by atoms with E-state index < -0.39 is 33.1 Å². The standard InChI is InChI=1S/C27H34ClN5O6S/c1-2-39-27(36)30-11-8-20(9-12-30)31-13-10-23(31)25(34)32-16-22(40(37,38)21-5-3-4-18(28)14-21)15-24(32)26(35)33(17-29)19-6-7-19/h3-5,14,19-20,22-24H,2,6-13,15-16H2,1H3/t22-,23?,24+/m1/s1. The van der Waals surface area contributed by atoms with Crippen LogP contribution in [0.4, 0.5) is 4.79 Å². The second-order valence-electron chi connectivity index (χ2n) is 10.9. The Kier molecular flexibility index (Phi) is 8.27. The van der Waals surface area contributed by atoms with Crippen LogP contribution in [0.15, 0.2) is 29.2 Å². The highest BCUT2D eigenvalue weighted by Crippen LogP contribution is 2.36. The van der Waals surface area contributed by atoms with Gasteiger partial charge in [-0.05, 0) is 63.6 Å². The highest BCUT2D eigenvalue weighted by Gasteiger charge is 2.52. The smallest absolute Gasteiger partial charge is 0.409 e. The van der Waals surface area contributed by atoms with Crippen molar-refractivity contribution in [1.82, 2.24) is 19.6 Å². The number of nitrogens with zero attached hydrogens (tertiary/aromatic N) is 5. The molecule has 0 aromatic heterocycles. The van der Waals surface area contributed by atoms with E-state index in [4.69, 9.17) is 16.3 Å². The molecule has 1 aromatic rings. The van der Waals surface area contributed by atoms with Gasteiger partial charge in [0.25, 0.3) is 5.91 Å². The second kappa shape index (κ2) is 11.5. The molecule has 40 heavy (non-hydrogen) atoms. The zero-order chi connectivity index (χ0) is 28.6. The molecule has 3 saturated heterocycles. The van der Waals surface area contributed by atoms with Gasteiger partial charge in [0.2, 0.25) is 5.91 Å². The molecule has 5 rings (SSSR count). The Labute approximate surface area is 239 Å². The Balaban J connectivity index is 1.33.